The Morgan fingerprint density at radius 1 is 1.89 bits per heavy atom. The molecule has 0 atom stereocenters. The van der Waals surface area contributed by atoms with Crippen molar-refractivity contribution in [3.05, 3.63) is 32.9 Å². The molecular weight excluding hydrogens is 186 g/mol. The van der Waals surface area contributed by atoms with Crippen molar-refractivity contribution in [1.82, 2.24) is 0 Å². The highest BCUT2D eigenvalue weighted by Crippen LogP contribution is 2.06. The Morgan fingerprint density at radius 2 is 2.33 bits per heavy atom. The SMILES string of the molecule is C=C(Br)/C=C(\C)[N+](=O)[O-]. The second-order valence-electron chi connectivity index (χ2n) is 1.49. The largest absolute Gasteiger partial charge is 0.259 e. The molecule has 50 valence electrons. The van der Waals surface area contributed by atoms with Crippen LogP contribution < -0.4 is 0 Å². The monoisotopic (exact) mass is 191 g/mol. The quantitative estimate of drug-likeness (QED) is 0.381. The summed E-state index contributed by atoms with van der Waals surface area (Å²) in [5.41, 5.74) is 0.0804. The van der Waals surface area contributed by atoms with Gasteiger partial charge in [-0.3, -0.25) is 10.1 Å². The van der Waals surface area contributed by atoms with Crippen molar-refractivity contribution in [1.29, 1.82) is 0 Å². The average molecular weight is 192 g/mol. The highest BCUT2D eigenvalue weighted by molar-refractivity contribution is 9.11. The molecule has 0 heterocycles. The van der Waals surface area contributed by atoms with Crippen molar-refractivity contribution in [2.45, 2.75) is 6.92 Å². The second kappa shape index (κ2) is 3.40. The van der Waals surface area contributed by atoms with Crippen molar-refractivity contribution in [3.63, 3.8) is 0 Å². The van der Waals surface area contributed by atoms with Crippen LogP contribution in [0.25, 0.3) is 0 Å². The lowest BCUT2D eigenvalue weighted by atomic mass is 10.4. The molecule has 0 aliphatic rings. The predicted molar refractivity (Wildman–Crippen MR) is 38.8 cm³/mol. The number of hydrogen-bond acceptors (Lipinski definition) is 2. The molecule has 0 aromatic heterocycles. The van der Waals surface area contributed by atoms with E-state index in [-0.39, 0.29) is 5.70 Å². The Kier molecular flexibility index (Phi) is 3.16. The lowest BCUT2D eigenvalue weighted by Crippen LogP contribution is -1.92. The van der Waals surface area contributed by atoms with E-state index in [2.05, 4.69) is 22.5 Å². The number of nitro groups is 1. The number of halogens is 1. The number of hydrogen-bond donors (Lipinski definition) is 0. The molecule has 0 aliphatic carbocycles. The van der Waals surface area contributed by atoms with Crippen LogP contribution >= 0.6 is 15.9 Å². The van der Waals surface area contributed by atoms with Gasteiger partial charge in [0.25, 0.3) is 0 Å². The van der Waals surface area contributed by atoms with Gasteiger partial charge in [0.05, 0.1) is 4.92 Å². The van der Waals surface area contributed by atoms with Gasteiger partial charge >= 0.3 is 0 Å². The maximum atomic E-state index is 9.91. The van der Waals surface area contributed by atoms with Crippen LogP contribution in [0.2, 0.25) is 0 Å². The number of allylic oxidation sites excluding steroid dienone is 3. The van der Waals surface area contributed by atoms with E-state index in [4.69, 9.17) is 0 Å². The molecule has 0 amide bonds. The van der Waals surface area contributed by atoms with Gasteiger partial charge in [-0.25, -0.2) is 0 Å². The van der Waals surface area contributed by atoms with Gasteiger partial charge in [-0.2, -0.15) is 0 Å². The maximum Gasteiger partial charge on any atom is 0.244 e. The first-order chi connectivity index (χ1) is 4.04. The average Bonchev–Trinajstić information content (AvgIpc) is 1.63. The first-order valence-corrected chi connectivity index (χ1v) is 3.00. The molecule has 9 heavy (non-hydrogen) atoms. The van der Waals surface area contributed by atoms with Crippen molar-refractivity contribution in [3.8, 4) is 0 Å². The predicted octanol–water partition coefficient (Wildman–Crippen LogP) is 2.08. The fourth-order valence-corrected chi connectivity index (χ4v) is 0.611. The van der Waals surface area contributed by atoms with E-state index in [0.29, 0.717) is 4.48 Å². The number of rotatable bonds is 2. The van der Waals surface area contributed by atoms with Gasteiger partial charge in [0.15, 0.2) is 0 Å². The molecule has 0 N–H and O–H groups in total. The van der Waals surface area contributed by atoms with Gasteiger partial charge in [-0.1, -0.05) is 22.5 Å². The summed E-state index contributed by atoms with van der Waals surface area (Å²) in [5, 5.41) is 9.91. The minimum absolute atomic E-state index is 0.0804. The van der Waals surface area contributed by atoms with Crippen LogP contribution in [-0.2, 0) is 0 Å². The van der Waals surface area contributed by atoms with E-state index in [1.54, 1.807) is 0 Å². The first kappa shape index (κ1) is 8.36. The lowest BCUT2D eigenvalue weighted by Gasteiger charge is -1.86. The van der Waals surface area contributed by atoms with Crippen LogP contribution in [0.1, 0.15) is 6.92 Å². The molecule has 0 aromatic rings. The van der Waals surface area contributed by atoms with E-state index < -0.39 is 4.92 Å². The zero-order valence-electron chi connectivity index (χ0n) is 4.93. The Balaban J connectivity index is 4.17. The molecule has 4 heteroatoms. The van der Waals surface area contributed by atoms with Gasteiger partial charge < -0.3 is 0 Å². The molecule has 0 unspecified atom stereocenters. The molecule has 0 saturated heterocycles. The molecule has 0 radical (unpaired) electrons. The van der Waals surface area contributed by atoms with Crippen LogP contribution in [0.4, 0.5) is 0 Å². The summed E-state index contributed by atoms with van der Waals surface area (Å²) in [6, 6.07) is 0. The van der Waals surface area contributed by atoms with E-state index >= 15 is 0 Å². The molecule has 0 fully saturated rings. The second-order valence-corrected chi connectivity index (χ2v) is 2.51. The zero-order chi connectivity index (χ0) is 7.44. The Morgan fingerprint density at radius 3 is 2.44 bits per heavy atom. The van der Waals surface area contributed by atoms with Gasteiger partial charge in [0, 0.05) is 17.5 Å². The zero-order valence-corrected chi connectivity index (χ0v) is 6.51. The lowest BCUT2D eigenvalue weighted by molar-refractivity contribution is -0.424. The fourth-order valence-electron chi connectivity index (χ4n) is 0.279. The third kappa shape index (κ3) is 3.90. The molecule has 0 aliphatic heterocycles. The number of nitrogens with zero attached hydrogens (tertiary/aromatic N) is 1. The van der Waals surface area contributed by atoms with Crippen LogP contribution in [0.5, 0.6) is 0 Å². The minimum atomic E-state index is -0.466. The molecular formula is C5H6BrNO2. The Hall–Kier alpha value is -0.640. The van der Waals surface area contributed by atoms with Crippen molar-refractivity contribution >= 4 is 15.9 Å². The fraction of sp³-hybridized carbons (Fsp3) is 0.200. The molecule has 3 nitrogen and oxygen atoms in total. The maximum absolute atomic E-state index is 9.91. The summed E-state index contributed by atoms with van der Waals surface area (Å²) in [6.45, 7) is 4.82. The van der Waals surface area contributed by atoms with Crippen molar-refractivity contribution in [2.24, 2.45) is 0 Å². The van der Waals surface area contributed by atoms with E-state index in [1.807, 2.05) is 0 Å². The van der Waals surface area contributed by atoms with E-state index in [9.17, 15) is 10.1 Å². The Labute approximate surface area is 61.3 Å². The van der Waals surface area contributed by atoms with Crippen LogP contribution in [0, 0.1) is 10.1 Å². The highest BCUT2D eigenvalue weighted by atomic mass is 79.9. The van der Waals surface area contributed by atoms with Crippen molar-refractivity contribution < 1.29 is 4.92 Å². The molecule has 0 rings (SSSR count). The van der Waals surface area contributed by atoms with Gasteiger partial charge in [0.1, 0.15) is 0 Å². The molecule has 0 spiro atoms. The van der Waals surface area contributed by atoms with Gasteiger partial charge in [-0.05, 0) is 0 Å². The molecule has 0 saturated carbocycles. The minimum Gasteiger partial charge on any atom is -0.259 e. The third-order valence-electron chi connectivity index (χ3n) is 0.653. The van der Waals surface area contributed by atoms with Gasteiger partial charge in [0.2, 0.25) is 5.70 Å². The van der Waals surface area contributed by atoms with E-state index in [0.717, 1.165) is 0 Å². The van der Waals surface area contributed by atoms with Gasteiger partial charge in [-0.15, -0.1) is 0 Å². The topological polar surface area (TPSA) is 43.1 Å². The normalized spacial score (nSPS) is 11.1. The summed E-state index contributed by atoms with van der Waals surface area (Å²) in [5.74, 6) is 0. The summed E-state index contributed by atoms with van der Waals surface area (Å²) in [7, 11) is 0. The first-order valence-electron chi connectivity index (χ1n) is 2.21. The summed E-state index contributed by atoms with van der Waals surface area (Å²) < 4.78 is 0.511. The van der Waals surface area contributed by atoms with Crippen molar-refractivity contribution in [2.75, 3.05) is 0 Å². The standard InChI is InChI=1S/C5H6BrNO2/c1-4(6)3-5(2)7(8)9/h3H,1H2,2H3/b5-3+. The van der Waals surface area contributed by atoms with E-state index in [1.165, 1.54) is 13.0 Å². The highest BCUT2D eigenvalue weighted by Gasteiger charge is 1.99. The summed E-state index contributed by atoms with van der Waals surface area (Å²) in [4.78, 5) is 9.44. The summed E-state index contributed by atoms with van der Waals surface area (Å²) in [6.07, 6.45) is 1.35. The van der Waals surface area contributed by atoms with Crippen LogP contribution in [0.15, 0.2) is 22.8 Å². The molecule has 0 aromatic carbocycles. The molecule has 0 bridgehead atoms. The summed E-state index contributed by atoms with van der Waals surface area (Å²) >= 11 is 2.97. The van der Waals surface area contributed by atoms with Crippen LogP contribution in [0.3, 0.4) is 0 Å². The third-order valence-corrected chi connectivity index (χ3v) is 0.882. The smallest absolute Gasteiger partial charge is 0.244 e. The Bertz CT molecular complexity index is 174. The van der Waals surface area contributed by atoms with Crippen LogP contribution in [-0.4, -0.2) is 4.92 Å².